The van der Waals surface area contributed by atoms with Gasteiger partial charge in [-0.1, -0.05) is 6.07 Å². The van der Waals surface area contributed by atoms with Crippen LogP contribution in [0.2, 0.25) is 0 Å². The predicted molar refractivity (Wildman–Crippen MR) is 96.3 cm³/mol. The second-order valence-corrected chi connectivity index (χ2v) is 7.00. The van der Waals surface area contributed by atoms with E-state index in [1.54, 1.807) is 12.3 Å². The third kappa shape index (κ3) is 6.14. The minimum atomic E-state index is -5.08. The third-order valence-corrected chi connectivity index (χ3v) is 5.00. The SMILES string of the molecule is CCOCC12CCCOC1CCN(C(=O)c1ccccn1)C2.O=C(O)C(F)(F)F. The molecule has 0 spiro atoms. The molecule has 3 rings (SSSR count). The van der Waals surface area contributed by atoms with Gasteiger partial charge in [0.2, 0.25) is 0 Å². The minimum absolute atomic E-state index is 0.0143. The first-order valence-electron chi connectivity index (χ1n) is 9.39. The fraction of sp³-hybridized carbons (Fsp3) is 0.632. The van der Waals surface area contributed by atoms with Crippen molar-refractivity contribution in [1.29, 1.82) is 0 Å². The van der Waals surface area contributed by atoms with Gasteiger partial charge < -0.3 is 19.5 Å². The van der Waals surface area contributed by atoms with E-state index in [0.29, 0.717) is 25.5 Å². The second kappa shape index (κ2) is 10.0. The van der Waals surface area contributed by atoms with E-state index in [-0.39, 0.29) is 17.4 Å². The van der Waals surface area contributed by atoms with Gasteiger partial charge in [0.15, 0.2) is 0 Å². The van der Waals surface area contributed by atoms with Gasteiger partial charge in [-0.25, -0.2) is 4.79 Å². The van der Waals surface area contributed by atoms with Gasteiger partial charge in [0.25, 0.3) is 5.91 Å². The van der Waals surface area contributed by atoms with E-state index in [1.165, 1.54) is 0 Å². The Morgan fingerprint density at radius 1 is 1.41 bits per heavy atom. The first-order valence-corrected chi connectivity index (χ1v) is 9.39. The molecule has 0 bridgehead atoms. The number of nitrogens with zero attached hydrogens (tertiary/aromatic N) is 2. The number of ether oxygens (including phenoxy) is 2. The number of hydrogen-bond donors (Lipinski definition) is 1. The van der Waals surface area contributed by atoms with Crippen molar-refractivity contribution in [2.75, 3.05) is 32.9 Å². The molecule has 1 amide bonds. The molecule has 1 aromatic heterocycles. The monoisotopic (exact) mass is 418 g/mol. The summed E-state index contributed by atoms with van der Waals surface area (Å²) in [5.74, 6) is -2.74. The number of aromatic nitrogens is 1. The molecule has 0 aromatic carbocycles. The molecule has 2 atom stereocenters. The van der Waals surface area contributed by atoms with E-state index in [1.807, 2.05) is 24.0 Å². The molecular weight excluding hydrogens is 393 g/mol. The lowest BCUT2D eigenvalue weighted by Crippen LogP contribution is -2.58. The third-order valence-electron chi connectivity index (χ3n) is 5.00. The van der Waals surface area contributed by atoms with Gasteiger partial charge in [0.1, 0.15) is 5.69 Å². The van der Waals surface area contributed by atoms with Crippen LogP contribution in [0, 0.1) is 5.41 Å². The van der Waals surface area contributed by atoms with Gasteiger partial charge in [-0.3, -0.25) is 9.78 Å². The number of likely N-dealkylation sites (tertiary alicyclic amines) is 1. The number of aliphatic carboxylic acids is 1. The first kappa shape index (κ1) is 23.1. The van der Waals surface area contributed by atoms with Gasteiger partial charge in [0.05, 0.1) is 12.7 Å². The van der Waals surface area contributed by atoms with Gasteiger partial charge in [0, 0.05) is 37.9 Å². The molecule has 1 aromatic rings. The Kier molecular flexibility index (Phi) is 7.97. The Labute approximate surface area is 166 Å². The molecule has 10 heteroatoms. The lowest BCUT2D eigenvalue weighted by Gasteiger charge is -2.50. The molecule has 0 saturated carbocycles. The fourth-order valence-corrected chi connectivity index (χ4v) is 3.63. The summed E-state index contributed by atoms with van der Waals surface area (Å²) >= 11 is 0. The van der Waals surface area contributed by atoms with Crippen LogP contribution in [0.25, 0.3) is 0 Å². The van der Waals surface area contributed by atoms with Crippen molar-refractivity contribution in [3.63, 3.8) is 0 Å². The molecule has 2 saturated heterocycles. The number of hydrogen-bond acceptors (Lipinski definition) is 5. The van der Waals surface area contributed by atoms with E-state index in [0.717, 1.165) is 32.4 Å². The van der Waals surface area contributed by atoms with Crippen LogP contribution in [0.5, 0.6) is 0 Å². The smallest absolute Gasteiger partial charge is 0.475 e. The summed E-state index contributed by atoms with van der Waals surface area (Å²) in [4.78, 5) is 27.7. The Bertz CT molecular complexity index is 686. The van der Waals surface area contributed by atoms with E-state index < -0.39 is 12.1 Å². The van der Waals surface area contributed by atoms with Crippen molar-refractivity contribution in [2.45, 2.75) is 38.5 Å². The van der Waals surface area contributed by atoms with E-state index >= 15 is 0 Å². The average molecular weight is 418 g/mol. The summed E-state index contributed by atoms with van der Waals surface area (Å²) in [6.07, 6.45) is -0.231. The number of pyridine rings is 1. The van der Waals surface area contributed by atoms with E-state index in [2.05, 4.69) is 4.98 Å². The highest BCUT2D eigenvalue weighted by atomic mass is 19.4. The Hall–Kier alpha value is -2.20. The number of carbonyl (C=O) groups excluding carboxylic acids is 1. The Balaban J connectivity index is 0.000000370. The zero-order chi connectivity index (χ0) is 21.5. The molecular formula is C19H25F3N2O5. The maximum absolute atomic E-state index is 12.7. The topological polar surface area (TPSA) is 89.0 Å². The maximum Gasteiger partial charge on any atom is 0.490 e. The molecule has 7 nitrogen and oxygen atoms in total. The van der Waals surface area contributed by atoms with Crippen molar-refractivity contribution in [2.24, 2.45) is 5.41 Å². The van der Waals surface area contributed by atoms with E-state index in [4.69, 9.17) is 19.4 Å². The summed E-state index contributed by atoms with van der Waals surface area (Å²) < 4.78 is 43.5. The normalized spacial score (nSPS) is 24.1. The quantitative estimate of drug-likeness (QED) is 0.809. The molecule has 0 radical (unpaired) electrons. The minimum Gasteiger partial charge on any atom is -0.475 e. The molecule has 3 heterocycles. The highest BCUT2D eigenvalue weighted by Crippen LogP contribution is 2.40. The molecule has 162 valence electrons. The van der Waals surface area contributed by atoms with Crippen LogP contribution in [-0.4, -0.2) is 72.1 Å². The highest BCUT2D eigenvalue weighted by Gasteiger charge is 2.47. The lowest BCUT2D eigenvalue weighted by molar-refractivity contribution is -0.192. The first-order chi connectivity index (χ1) is 13.7. The number of carbonyl (C=O) groups is 2. The van der Waals surface area contributed by atoms with E-state index in [9.17, 15) is 18.0 Å². The zero-order valence-corrected chi connectivity index (χ0v) is 16.2. The van der Waals surface area contributed by atoms with Crippen LogP contribution >= 0.6 is 0 Å². The van der Waals surface area contributed by atoms with Crippen LogP contribution < -0.4 is 0 Å². The summed E-state index contributed by atoms with van der Waals surface area (Å²) in [5.41, 5.74) is 0.459. The van der Waals surface area contributed by atoms with Crippen molar-refractivity contribution >= 4 is 11.9 Å². The number of piperidine rings is 1. The lowest BCUT2D eigenvalue weighted by atomic mass is 9.73. The van der Waals surface area contributed by atoms with Gasteiger partial charge in [-0.05, 0) is 38.3 Å². The molecule has 2 aliphatic heterocycles. The van der Waals surface area contributed by atoms with Crippen molar-refractivity contribution in [3.05, 3.63) is 30.1 Å². The summed E-state index contributed by atoms with van der Waals surface area (Å²) in [6.45, 7) is 5.63. The van der Waals surface area contributed by atoms with Crippen LogP contribution in [0.4, 0.5) is 13.2 Å². The summed E-state index contributed by atoms with van der Waals surface area (Å²) in [7, 11) is 0. The Morgan fingerprint density at radius 3 is 2.72 bits per heavy atom. The van der Waals surface area contributed by atoms with Crippen LogP contribution in [0.3, 0.4) is 0 Å². The maximum atomic E-state index is 12.7. The number of carboxylic acid groups (broad SMARTS) is 1. The van der Waals surface area contributed by atoms with Crippen molar-refractivity contribution in [1.82, 2.24) is 9.88 Å². The summed E-state index contributed by atoms with van der Waals surface area (Å²) in [5, 5.41) is 7.12. The number of carboxylic acids is 1. The second-order valence-electron chi connectivity index (χ2n) is 7.00. The fourth-order valence-electron chi connectivity index (χ4n) is 3.63. The number of rotatable bonds is 4. The summed E-state index contributed by atoms with van der Waals surface area (Å²) in [6, 6.07) is 5.46. The molecule has 2 fully saturated rings. The number of fused-ring (bicyclic) bond motifs is 1. The standard InChI is InChI=1S/C17H24N2O3.C2HF3O2/c1-2-21-13-17-8-5-11-22-15(17)7-10-19(12-17)16(20)14-6-3-4-9-18-14;3-2(4,5)1(6)7/h3-4,6,9,15H,2,5,7-8,10-13H2,1H3;(H,6,7). The van der Waals surface area contributed by atoms with Crippen LogP contribution in [-0.2, 0) is 14.3 Å². The van der Waals surface area contributed by atoms with Crippen LogP contribution in [0.15, 0.2) is 24.4 Å². The van der Waals surface area contributed by atoms with Gasteiger partial charge in [-0.2, -0.15) is 13.2 Å². The average Bonchev–Trinajstić information content (AvgIpc) is 2.71. The largest absolute Gasteiger partial charge is 0.490 e. The number of amides is 1. The van der Waals surface area contributed by atoms with Crippen molar-refractivity contribution < 1.29 is 37.3 Å². The molecule has 2 aliphatic rings. The number of alkyl halides is 3. The Morgan fingerprint density at radius 2 is 2.14 bits per heavy atom. The molecule has 29 heavy (non-hydrogen) atoms. The molecule has 1 N–H and O–H groups in total. The number of halogens is 3. The predicted octanol–water partition coefficient (Wildman–Crippen LogP) is 2.76. The van der Waals surface area contributed by atoms with Crippen molar-refractivity contribution in [3.8, 4) is 0 Å². The zero-order valence-electron chi connectivity index (χ0n) is 16.2. The van der Waals surface area contributed by atoms with Gasteiger partial charge in [-0.15, -0.1) is 0 Å². The molecule has 2 unspecified atom stereocenters. The molecule has 0 aliphatic carbocycles. The van der Waals surface area contributed by atoms with Crippen LogP contribution in [0.1, 0.15) is 36.7 Å². The van der Waals surface area contributed by atoms with Gasteiger partial charge >= 0.3 is 12.1 Å². The highest BCUT2D eigenvalue weighted by molar-refractivity contribution is 5.92.